The van der Waals surface area contributed by atoms with Crippen molar-refractivity contribution in [2.24, 2.45) is 0 Å². The van der Waals surface area contributed by atoms with Crippen LogP contribution in [0.25, 0.3) is 22.4 Å². The van der Waals surface area contributed by atoms with Gasteiger partial charge in [-0.05, 0) is 61.7 Å². The van der Waals surface area contributed by atoms with Crippen LogP contribution in [0.5, 0.6) is 5.75 Å². The number of aromatic hydroxyl groups is 1. The number of carbonyl (C=O) groups excluding carboxylic acids is 1. The van der Waals surface area contributed by atoms with E-state index in [0.29, 0.717) is 28.2 Å². The van der Waals surface area contributed by atoms with Gasteiger partial charge in [-0.15, -0.1) is 0 Å². The van der Waals surface area contributed by atoms with Gasteiger partial charge in [0.1, 0.15) is 23.9 Å². The number of rotatable bonds is 8. The number of aliphatic hydroxyl groups excluding tert-OH is 1. The highest BCUT2D eigenvalue weighted by atomic mass is 16.4. The number of phenols is 1. The molecule has 4 aromatic rings. The lowest BCUT2D eigenvalue weighted by Crippen LogP contribution is -2.42. The van der Waals surface area contributed by atoms with Crippen molar-refractivity contribution in [1.82, 2.24) is 14.9 Å². The van der Waals surface area contributed by atoms with E-state index >= 15 is 0 Å². The number of hydrogen-bond acceptors (Lipinski definition) is 6. The lowest BCUT2D eigenvalue weighted by atomic mass is 9.95. The Balaban J connectivity index is 1.42. The number of imidazole rings is 1. The summed E-state index contributed by atoms with van der Waals surface area (Å²) in [6, 6.07) is 10.8. The van der Waals surface area contributed by atoms with Crippen molar-refractivity contribution < 1.29 is 29.3 Å². The number of aliphatic hydroxyl groups is 1. The summed E-state index contributed by atoms with van der Waals surface area (Å²) in [5, 5.41) is 32.2. The highest BCUT2D eigenvalue weighted by molar-refractivity contribution is 5.99. The molecule has 198 valence electrons. The van der Waals surface area contributed by atoms with Crippen LogP contribution in [0.1, 0.15) is 72.7 Å². The standard InChI is InChI=1S/C29H31N3O6/c1-17(33)22-13-18(7-10-26(22)34)14-24(29(36)37)31-28(35)19-8-9-25-23(15-19)30-27(20-11-12-38-16-20)32(25)21-5-3-2-4-6-21/h7-13,15-17,21,24,33-34H,2-6,14H2,1H3,(H,31,35)(H,36,37)/t17?,24-/m0/s1. The van der Waals surface area contributed by atoms with Crippen LogP contribution < -0.4 is 5.32 Å². The van der Waals surface area contributed by atoms with Crippen molar-refractivity contribution in [3.63, 3.8) is 0 Å². The van der Waals surface area contributed by atoms with Crippen molar-refractivity contribution in [1.29, 1.82) is 0 Å². The smallest absolute Gasteiger partial charge is 0.326 e. The Hall–Kier alpha value is -4.11. The summed E-state index contributed by atoms with van der Waals surface area (Å²) in [6.07, 6.45) is 8.02. The number of nitrogens with one attached hydrogen (secondary N) is 1. The average Bonchev–Trinajstić information content (AvgIpc) is 3.57. The molecular weight excluding hydrogens is 486 g/mol. The van der Waals surface area contributed by atoms with Crippen molar-refractivity contribution in [2.75, 3.05) is 0 Å². The van der Waals surface area contributed by atoms with E-state index in [4.69, 9.17) is 9.40 Å². The zero-order chi connectivity index (χ0) is 26.8. The first-order valence-electron chi connectivity index (χ1n) is 12.9. The molecular formula is C29H31N3O6. The fraction of sp³-hybridized carbons (Fsp3) is 0.345. The van der Waals surface area contributed by atoms with Crippen LogP contribution in [0.15, 0.2) is 59.4 Å². The van der Waals surface area contributed by atoms with Gasteiger partial charge >= 0.3 is 5.97 Å². The fourth-order valence-corrected chi connectivity index (χ4v) is 5.29. The molecule has 2 aromatic heterocycles. The van der Waals surface area contributed by atoms with Crippen LogP contribution >= 0.6 is 0 Å². The zero-order valence-electron chi connectivity index (χ0n) is 21.1. The number of carboxylic acid groups (broad SMARTS) is 1. The Morgan fingerprint density at radius 2 is 1.92 bits per heavy atom. The van der Waals surface area contributed by atoms with Gasteiger partial charge < -0.3 is 29.6 Å². The average molecular weight is 518 g/mol. The molecule has 9 nitrogen and oxygen atoms in total. The van der Waals surface area contributed by atoms with Gasteiger partial charge in [-0.3, -0.25) is 4.79 Å². The first kappa shape index (κ1) is 25.5. The van der Waals surface area contributed by atoms with Crippen LogP contribution in [0.4, 0.5) is 0 Å². The lowest BCUT2D eigenvalue weighted by molar-refractivity contribution is -0.139. The van der Waals surface area contributed by atoms with Crippen LogP contribution in [0, 0.1) is 0 Å². The Morgan fingerprint density at radius 3 is 2.61 bits per heavy atom. The Labute approximate surface area is 219 Å². The molecule has 38 heavy (non-hydrogen) atoms. The highest BCUT2D eigenvalue weighted by Crippen LogP contribution is 2.36. The molecule has 0 bridgehead atoms. The molecule has 9 heteroatoms. The summed E-state index contributed by atoms with van der Waals surface area (Å²) >= 11 is 0. The molecule has 1 amide bonds. The number of aromatic nitrogens is 2. The molecule has 2 heterocycles. The monoisotopic (exact) mass is 517 g/mol. The van der Waals surface area contributed by atoms with E-state index in [2.05, 4.69) is 9.88 Å². The molecule has 1 aliphatic rings. The minimum absolute atomic E-state index is 0.00966. The predicted octanol–water partition coefficient (Wildman–Crippen LogP) is 4.99. The van der Waals surface area contributed by atoms with Crippen LogP contribution in [-0.4, -0.2) is 42.8 Å². The van der Waals surface area contributed by atoms with Gasteiger partial charge in [0.05, 0.1) is 29.0 Å². The zero-order valence-corrected chi connectivity index (χ0v) is 21.1. The van der Waals surface area contributed by atoms with E-state index < -0.39 is 24.0 Å². The second-order valence-corrected chi connectivity index (χ2v) is 9.95. The van der Waals surface area contributed by atoms with E-state index in [0.717, 1.165) is 42.6 Å². The van der Waals surface area contributed by atoms with Gasteiger partial charge in [0.25, 0.3) is 5.91 Å². The molecule has 4 N–H and O–H groups in total. The molecule has 0 spiro atoms. The van der Waals surface area contributed by atoms with Crippen molar-refractivity contribution in [3.05, 3.63) is 71.7 Å². The second-order valence-electron chi connectivity index (χ2n) is 9.95. The third-order valence-corrected chi connectivity index (χ3v) is 7.26. The molecule has 0 saturated heterocycles. The summed E-state index contributed by atoms with van der Waals surface area (Å²) in [4.78, 5) is 30.0. The number of fused-ring (bicyclic) bond motifs is 1. The van der Waals surface area contributed by atoms with Crippen LogP contribution in [-0.2, 0) is 11.2 Å². The fourth-order valence-electron chi connectivity index (χ4n) is 5.29. The van der Waals surface area contributed by atoms with Crippen molar-refractivity contribution in [2.45, 2.75) is 63.6 Å². The maximum atomic E-state index is 13.1. The first-order chi connectivity index (χ1) is 18.3. The van der Waals surface area contributed by atoms with E-state index in [1.165, 1.54) is 19.4 Å². The van der Waals surface area contributed by atoms with Crippen molar-refractivity contribution >= 4 is 22.9 Å². The number of benzene rings is 2. The normalized spacial score (nSPS) is 15.8. The highest BCUT2D eigenvalue weighted by Gasteiger charge is 2.25. The van der Waals surface area contributed by atoms with Gasteiger partial charge in [-0.25, -0.2) is 9.78 Å². The maximum absolute atomic E-state index is 13.1. The summed E-state index contributed by atoms with van der Waals surface area (Å²) in [7, 11) is 0. The number of phenolic OH excluding ortho intramolecular Hbond substituents is 1. The van der Waals surface area contributed by atoms with Gasteiger partial charge in [-0.1, -0.05) is 25.3 Å². The van der Waals surface area contributed by atoms with Crippen LogP contribution in [0.2, 0.25) is 0 Å². The summed E-state index contributed by atoms with van der Waals surface area (Å²) in [5.74, 6) is -0.987. The summed E-state index contributed by atoms with van der Waals surface area (Å²) in [5.41, 5.74) is 3.63. The summed E-state index contributed by atoms with van der Waals surface area (Å²) < 4.78 is 7.55. The summed E-state index contributed by atoms with van der Waals surface area (Å²) in [6.45, 7) is 1.51. The number of carbonyl (C=O) groups is 2. The van der Waals surface area contributed by atoms with E-state index in [1.54, 1.807) is 36.8 Å². The molecule has 2 aromatic carbocycles. The number of furan rings is 1. The Morgan fingerprint density at radius 1 is 1.13 bits per heavy atom. The molecule has 2 atom stereocenters. The second kappa shape index (κ2) is 10.7. The number of amides is 1. The lowest BCUT2D eigenvalue weighted by Gasteiger charge is -2.25. The third-order valence-electron chi connectivity index (χ3n) is 7.26. The number of aliphatic carboxylic acids is 1. The van der Waals surface area contributed by atoms with Crippen molar-refractivity contribution in [3.8, 4) is 17.1 Å². The maximum Gasteiger partial charge on any atom is 0.326 e. The van der Waals surface area contributed by atoms with Gasteiger partial charge in [0, 0.05) is 23.6 Å². The molecule has 5 rings (SSSR count). The SMILES string of the molecule is CC(O)c1cc(C[C@H](NC(=O)c2ccc3c(c2)nc(-c2ccoc2)n3C2CCCCC2)C(=O)O)ccc1O. The molecule has 0 radical (unpaired) electrons. The number of hydrogen-bond donors (Lipinski definition) is 4. The predicted molar refractivity (Wildman–Crippen MR) is 141 cm³/mol. The largest absolute Gasteiger partial charge is 0.508 e. The van der Waals surface area contributed by atoms with Gasteiger partial charge in [0.2, 0.25) is 0 Å². The minimum Gasteiger partial charge on any atom is -0.508 e. The van der Waals surface area contributed by atoms with Gasteiger partial charge in [-0.2, -0.15) is 0 Å². The molecule has 1 saturated carbocycles. The first-order valence-corrected chi connectivity index (χ1v) is 12.9. The molecule has 1 fully saturated rings. The molecule has 0 aliphatic heterocycles. The molecule has 1 aliphatic carbocycles. The van der Waals surface area contributed by atoms with E-state index in [1.807, 2.05) is 12.1 Å². The number of nitrogens with zero attached hydrogens (tertiary/aromatic N) is 2. The van der Waals surface area contributed by atoms with E-state index in [9.17, 15) is 24.9 Å². The quantitative estimate of drug-likeness (QED) is 0.258. The topological polar surface area (TPSA) is 138 Å². The third kappa shape index (κ3) is 5.15. The van der Waals surface area contributed by atoms with Crippen LogP contribution in [0.3, 0.4) is 0 Å². The Bertz CT molecular complexity index is 1450. The Kier molecular flexibility index (Phi) is 7.20. The molecule has 1 unspecified atom stereocenters. The van der Waals surface area contributed by atoms with Gasteiger partial charge in [0.15, 0.2) is 0 Å². The minimum atomic E-state index is -1.20. The van der Waals surface area contributed by atoms with E-state index in [-0.39, 0.29) is 12.2 Å². The number of carboxylic acids is 1.